The van der Waals surface area contributed by atoms with Crippen LogP contribution in [0.1, 0.15) is 36.1 Å². The van der Waals surface area contributed by atoms with Crippen molar-refractivity contribution >= 4 is 11.0 Å². The number of aryl methyl sites for hydroxylation is 1. The van der Waals surface area contributed by atoms with Gasteiger partial charge in [0.25, 0.3) is 0 Å². The van der Waals surface area contributed by atoms with Crippen molar-refractivity contribution < 1.29 is 9.15 Å². The third-order valence-corrected chi connectivity index (χ3v) is 4.64. The van der Waals surface area contributed by atoms with Gasteiger partial charge < -0.3 is 9.15 Å². The van der Waals surface area contributed by atoms with Gasteiger partial charge in [0.1, 0.15) is 17.1 Å². The fraction of sp³-hybridized carbons (Fsp3) is 0.500. The van der Waals surface area contributed by atoms with E-state index in [1.165, 1.54) is 19.3 Å². The van der Waals surface area contributed by atoms with Crippen LogP contribution in [0.5, 0.6) is 5.75 Å². The molecule has 0 N–H and O–H groups in total. The maximum Gasteiger partial charge on any atom is 0.195 e. The molecule has 1 aromatic heterocycles. The number of ether oxygens (including phenoxy) is 1. The van der Waals surface area contributed by atoms with Crippen LogP contribution in [-0.2, 0) is 6.54 Å². The summed E-state index contributed by atoms with van der Waals surface area (Å²) in [6.07, 6.45) is 3.76. The Morgan fingerprint density at radius 2 is 1.91 bits per heavy atom. The fourth-order valence-electron chi connectivity index (χ4n) is 3.18. The molecule has 1 saturated heterocycles. The molecule has 0 bridgehead atoms. The summed E-state index contributed by atoms with van der Waals surface area (Å²) in [4.78, 5) is 14.9. The average Bonchev–Trinajstić information content (AvgIpc) is 2.54. The van der Waals surface area contributed by atoms with E-state index in [0.717, 1.165) is 30.9 Å². The van der Waals surface area contributed by atoms with E-state index in [0.29, 0.717) is 22.3 Å². The minimum atomic E-state index is 0.0568. The zero-order valence-corrected chi connectivity index (χ0v) is 13.6. The molecule has 0 aliphatic carbocycles. The number of fused-ring (bicyclic) bond motifs is 1. The molecule has 1 aromatic carbocycles. The Kier molecular flexibility index (Phi) is 4.21. The first-order valence-electron chi connectivity index (χ1n) is 7.94. The highest BCUT2D eigenvalue weighted by Gasteiger charge is 2.19. The van der Waals surface area contributed by atoms with E-state index < -0.39 is 0 Å². The topological polar surface area (TPSA) is 42.7 Å². The van der Waals surface area contributed by atoms with Gasteiger partial charge in [-0.15, -0.1) is 0 Å². The highest BCUT2D eigenvalue weighted by atomic mass is 16.5. The molecule has 0 saturated carbocycles. The Hall–Kier alpha value is -1.81. The van der Waals surface area contributed by atoms with E-state index >= 15 is 0 Å². The van der Waals surface area contributed by atoms with E-state index in [1.54, 1.807) is 7.11 Å². The maximum atomic E-state index is 12.5. The van der Waals surface area contributed by atoms with Crippen molar-refractivity contribution in [2.24, 2.45) is 0 Å². The molecule has 4 heteroatoms. The summed E-state index contributed by atoms with van der Waals surface area (Å²) in [5, 5.41) is 0.649. The lowest BCUT2D eigenvalue weighted by molar-refractivity contribution is 0.218. The number of nitrogens with zero attached hydrogens (tertiary/aromatic N) is 1. The second kappa shape index (κ2) is 6.13. The third kappa shape index (κ3) is 2.63. The first-order valence-corrected chi connectivity index (χ1v) is 7.94. The summed E-state index contributed by atoms with van der Waals surface area (Å²) in [6.45, 7) is 6.62. The van der Waals surface area contributed by atoms with Gasteiger partial charge in [-0.25, -0.2) is 0 Å². The molecule has 1 aliphatic rings. The minimum absolute atomic E-state index is 0.0568. The quantitative estimate of drug-likeness (QED) is 0.871. The second-order valence-electron chi connectivity index (χ2n) is 6.07. The van der Waals surface area contributed by atoms with Crippen molar-refractivity contribution in [3.05, 3.63) is 39.2 Å². The van der Waals surface area contributed by atoms with Gasteiger partial charge in [-0.3, -0.25) is 9.69 Å². The Morgan fingerprint density at radius 1 is 1.18 bits per heavy atom. The van der Waals surface area contributed by atoms with Crippen LogP contribution in [0.4, 0.5) is 0 Å². The number of rotatable bonds is 3. The lowest BCUT2D eigenvalue weighted by atomic mass is 10.0. The average molecular weight is 301 g/mol. The predicted molar refractivity (Wildman–Crippen MR) is 87.6 cm³/mol. The van der Waals surface area contributed by atoms with Crippen LogP contribution in [0.2, 0.25) is 0 Å². The van der Waals surface area contributed by atoms with E-state index in [2.05, 4.69) is 4.90 Å². The van der Waals surface area contributed by atoms with Crippen LogP contribution in [-0.4, -0.2) is 25.1 Å². The Morgan fingerprint density at radius 3 is 2.59 bits per heavy atom. The minimum Gasteiger partial charge on any atom is -0.496 e. The normalized spacial score (nSPS) is 16.1. The molecule has 4 nitrogen and oxygen atoms in total. The molecular formula is C18H23NO3. The van der Waals surface area contributed by atoms with Crippen LogP contribution >= 0.6 is 0 Å². The van der Waals surface area contributed by atoms with Crippen LogP contribution < -0.4 is 10.2 Å². The number of benzene rings is 1. The van der Waals surface area contributed by atoms with Crippen molar-refractivity contribution in [1.29, 1.82) is 0 Å². The Labute approximate surface area is 130 Å². The molecule has 0 radical (unpaired) electrons. The molecule has 0 amide bonds. The Bertz CT molecular complexity index is 742. The van der Waals surface area contributed by atoms with Gasteiger partial charge in [0.05, 0.1) is 18.1 Å². The second-order valence-corrected chi connectivity index (χ2v) is 6.07. The van der Waals surface area contributed by atoms with E-state index in [1.807, 2.05) is 26.0 Å². The van der Waals surface area contributed by atoms with Gasteiger partial charge >= 0.3 is 0 Å². The molecular weight excluding hydrogens is 278 g/mol. The summed E-state index contributed by atoms with van der Waals surface area (Å²) >= 11 is 0. The summed E-state index contributed by atoms with van der Waals surface area (Å²) < 4.78 is 11.5. The van der Waals surface area contributed by atoms with Gasteiger partial charge in [-0.1, -0.05) is 6.42 Å². The third-order valence-electron chi connectivity index (χ3n) is 4.64. The highest BCUT2D eigenvalue weighted by Crippen LogP contribution is 2.30. The molecule has 1 aliphatic heterocycles. The summed E-state index contributed by atoms with van der Waals surface area (Å²) in [5.41, 5.74) is 2.41. The number of likely N-dealkylation sites (tertiary alicyclic amines) is 1. The molecule has 2 aromatic rings. The van der Waals surface area contributed by atoms with Crippen molar-refractivity contribution in [2.45, 2.75) is 39.7 Å². The standard InChI is InChI=1S/C18H23NO3/c1-12-13(2)22-18-14(17(12)20)7-8-16(21-3)15(18)11-19-9-5-4-6-10-19/h7-8H,4-6,9-11H2,1-3H3. The first-order chi connectivity index (χ1) is 10.6. The fourth-order valence-corrected chi connectivity index (χ4v) is 3.18. The monoisotopic (exact) mass is 301 g/mol. The van der Waals surface area contributed by atoms with Crippen LogP contribution in [0.25, 0.3) is 11.0 Å². The van der Waals surface area contributed by atoms with Gasteiger partial charge in [-0.2, -0.15) is 0 Å². The summed E-state index contributed by atoms with van der Waals surface area (Å²) in [7, 11) is 1.67. The van der Waals surface area contributed by atoms with Crippen LogP contribution in [0, 0.1) is 13.8 Å². The van der Waals surface area contributed by atoms with Crippen molar-refractivity contribution in [1.82, 2.24) is 4.90 Å². The largest absolute Gasteiger partial charge is 0.496 e. The number of hydrogen-bond acceptors (Lipinski definition) is 4. The number of methoxy groups -OCH3 is 1. The van der Waals surface area contributed by atoms with Crippen molar-refractivity contribution in [2.75, 3.05) is 20.2 Å². The van der Waals surface area contributed by atoms with Crippen LogP contribution in [0.3, 0.4) is 0 Å². The molecule has 0 unspecified atom stereocenters. The lowest BCUT2D eigenvalue weighted by Gasteiger charge is -2.27. The Balaban J connectivity index is 2.14. The molecule has 2 heterocycles. The number of piperidine rings is 1. The first kappa shape index (κ1) is 15.1. The van der Waals surface area contributed by atoms with Gasteiger partial charge in [-0.05, 0) is 51.9 Å². The van der Waals surface area contributed by atoms with E-state index in [4.69, 9.17) is 9.15 Å². The number of hydrogen-bond donors (Lipinski definition) is 0. The van der Waals surface area contributed by atoms with E-state index in [9.17, 15) is 4.79 Å². The summed E-state index contributed by atoms with van der Waals surface area (Å²) in [6, 6.07) is 3.69. The highest BCUT2D eigenvalue weighted by molar-refractivity contribution is 5.82. The SMILES string of the molecule is COc1ccc2c(=O)c(C)c(C)oc2c1CN1CCCCC1. The van der Waals surface area contributed by atoms with Gasteiger partial charge in [0, 0.05) is 12.1 Å². The van der Waals surface area contributed by atoms with Crippen molar-refractivity contribution in [3.8, 4) is 5.75 Å². The summed E-state index contributed by atoms with van der Waals surface area (Å²) in [5.74, 6) is 1.48. The van der Waals surface area contributed by atoms with Crippen LogP contribution in [0.15, 0.2) is 21.3 Å². The predicted octanol–water partition coefficient (Wildman–Crippen LogP) is 3.40. The molecule has 118 valence electrons. The maximum absolute atomic E-state index is 12.5. The van der Waals surface area contributed by atoms with E-state index in [-0.39, 0.29) is 5.43 Å². The zero-order chi connectivity index (χ0) is 15.7. The molecule has 0 atom stereocenters. The zero-order valence-electron chi connectivity index (χ0n) is 13.6. The van der Waals surface area contributed by atoms with Gasteiger partial charge in [0.2, 0.25) is 0 Å². The molecule has 0 spiro atoms. The molecule has 1 fully saturated rings. The van der Waals surface area contributed by atoms with Gasteiger partial charge in [0.15, 0.2) is 5.43 Å². The smallest absolute Gasteiger partial charge is 0.195 e. The lowest BCUT2D eigenvalue weighted by Crippen LogP contribution is -2.29. The molecule has 3 rings (SSSR count). The molecule has 22 heavy (non-hydrogen) atoms. The van der Waals surface area contributed by atoms with Crippen molar-refractivity contribution in [3.63, 3.8) is 0 Å².